The fraction of sp³-hybridized carbons (Fsp3) is 0.267. The van der Waals surface area contributed by atoms with Crippen LogP contribution in [0.2, 0.25) is 0 Å². The molecule has 0 fully saturated rings. The van der Waals surface area contributed by atoms with Gasteiger partial charge in [0.2, 0.25) is 0 Å². The highest BCUT2D eigenvalue weighted by Crippen LogP contribution is 2.22. The molecule has 3 heterocycles. The van der Waals surface area contributed by atoms with Crippen LogP contribution in [-0.4, -0.2) is 56.3 Å². The van der Waals surface area contributed by atoms with Crippen LogP contribution in [0.25, 0.3) is 11.2 Å². The van der Waals surface area contributed by atoms with Crippen LogP contribution < -0.4 is 15.4 Å². The lowest BCUT2D eigenvalue weighted by atomic mass is 9.99. The van der Waals surface area contributed by atoms with Gasteiger partial charge in [-0.15, -0.1) is 0 Å². The van der Waals surface area contributed by atoms with Crippen molar-refractivity contribution in [3.8, 4) is 5.95 Å². The first kappa shape index (κ1) is 30.7. The molecule has 0 saturated heterocycles. The lowest BCUT2D eigenvalue weighted by molar-refractivity contribution is 0.0950. The summed E-state index contributed by atoms with van der Waals surface area (Å²) in [5, 5.41) is 29.8. The predicted molar refractivity (Wildman–Crippen MR) is 162 cm³/mol. The number of aryl methyl sites for hydroxylation is 1. The Balaban J connectivity index is 1.14. The first-order valence-corrected chi connectivity index (χ1v) is 15.3. The third kappa shape index (κ3) is 7.58. The molecule has 13 nitrogen and oxygen atoms in total. The number of nitrogens with one attached hydrogen (secondary N) is 3. The summed E-state index contributed by atoms with van der Waals surface area (Å²) in [5.74, 6) is -0.686. The van der Waals surface area contributed by atoms with Gasteiger partial charge in [-0.1, -0.05) is 35.5 Å². The fourth-order valence-corrected chi connectivity index (χ4v) is 5.57. The van der Waals surface area contributed by atoms with Crippen LogP contribution in [0.1, 0.15) is 48.0 Å². The van der Waals surface area contributed by atoms with Crippen molar-refractivity contribution in [2.75, 3.05) is 11.3 Å². The van der Waals surface area contributed by atoms with E-state index in [9.17, 15) is 23.4 Å². The van der Waals surface area contributed by atoms with Gasteiger partial charge in [-0.25, -0.2) is 18.4 Å². The molecule has 1 amide bonds. The molecule has 3 aromatic heterocycles. The summed E-state index contributed by atoms with van der Waals surface area (Å²) in [7, 11) is -3.75. The zero-order valence-electron chi connectivity index (χ0n) is 24.1. The molecule has 0 saturated carbocycles. The number of sulfonamides is 1. The van der Waals surface area contributed by atoms with Gasteiger partial charge in [0.1, 0.15) is 11.2 Å². The van der Waals surface area contributed by atoms with E-state index in [1.807, 2.05) is 18.4 Å². The van der Waals surface area contributed by atoms with Crippen molar-refractivity contribution in [1.29, 1.82) is 0 Å². The SMILES string of the molecule is CC(C)(CCn1cnc2cc(C(=O)NCc3cc(O)on3)cnc21)NC[C@H](O)c1cccc(NS(=O)(=O)c2ccccc2)c1. The highest BCUT2D eigenvalue weighted by atomic mass is 32.2. The number of hydrogen-bond acceptors (Lipinski definition) is 10. The normalized spacial score (nSPS) is 12.7. The number of aliphatic hydroxyl groups excluding tert-OH is 1. The van der Waals surface area contributed by atoms with E-state index >= 15 is 0 Å². The summed E-state index contributed by atoms with van der Waals surface area (Å²) >= 11 is 0. The molecule has 0 radical (unpaired) electrons. The van der Waals surface area contributed by atoms with E-state index in [0.717, 1.165) is 0 Å². The Labute approximate surface area is 254 Å². The number of amides is 1. The Hall–Kier alpha value is -4.79. The number of aromatic hydroxyl groups is 1. The molecule has 230 valence electrons. The Morgan fingerprint density at radius 2 is 1.86 bits per heavy atom. The monoisotopic (exact) mass is 619 g/mol. The standard InChI is InChI=1S/C30H33N7O6S/c1-30(2,34-18-26(38)20-7-6-8-22(13-20)36-44(41,42)24-9-4-3-5-10-24)11-12-37-19-33-25-14-21(16-31-28(25)37)29(40)32-17-23-15-27(39)43-35-23/h3-10,13-16,19,26,34,36,38-39H,11-12,17-18H2,1-2H3,(H,32,40)/t26-/m0/s1. The topological polar surface area (TPSA) is 184 Å². The van der Waals surface area contributed by atoms with Gasteiger partial charge in [-0.05, 0) is 56.2 Å². The molecule has 5 aromatic rings. The molecule has 0 aliphatic carbocycles. The van der Waals surface area contributed by atoms with Gasteiger partial charge in [-0.2, -0.15) is 0 Å². The van der Waals surface area contributed by atoms with E-state index in [4.69, 9.17) is 0 Å². The predicted octanol–water partition coefficient (Wildman–Crippen LogP) is 3.35. The van der Waals surface area contributed by atoms with Crippen molar-refractivity contribution in [2.24, 2.45) is 0 Å². The van der Waals surface area contributed by atoms with E-state index in [1.165, 1.54) is 24.4 Å². The summed E-state index contributed by atoms with van der Waals surface area (Å²) in [6.45, 7) is 4.96. The number of rotatable bonds is 13. The first-order chi connectivity index (χ1) is 21.0. The number of carbonyl (C=O) groups excluding carboxylic acids is 1. The van der Waals surface area contributed by atoms with Gasteiger partial charge in [0.05, 0.1) is 29.4 Å². The molecule has 0 bridgehead atoms. The van der Waals surface area contributed by atoms with Gasteiger partial charge in [0.25, 0.3) is 15.9 Å². The zero-order chi connectivity index (χ0) is 31.3. The summed E-state index contributed by atoms with van der Waals surface area (Å²) < 4.78 is 34.4. The molecular formula is C30H33N7O6S. The fourth-order valence-electron chi connectivity index (χ4n) is 4.50. The van der Waals surface area contributed by atoms with E-state index in [0.29, 0.717) is 46.6 Å². The van der Waals surface area contributed by atoms with Gasteiger partial charge in [0.15, 0.2) is 5.65 Å². The molecule has 0 aliphatic heterocycles. The number of imidazole rings is 1. The maximum absolute atomic E-state index is 12.7. The molecule has 5 N–H and O–H groups in total. The second-order valence-corrected chi connectivity index (χ2v) is 12.6. The quantitative estimate of drug-likeness (QED) is 0.131. The number of nitrogens with zero attached hydrogens (tertiary/aromatic N) is 4. The minimum atomic E-state index is -3.75. The number of aromatic nitrogens is 4. The maximum Gasteiger partial charge on any atom is 0.309 e. The zero-order valence-corrected chi connectivity index (χ0v) is 25.0. The minimum Gasteiger partial charge on any atom is -0.479 e. The van der Waals surface area contributed by atoms with Gasteiger partial charge in [0, 0.05) is 36.6 Å². The van der Waals surface area contributed by atoms with Crippen LogP contribution in [0.15, 0.2) is 88.7 Å². The van der Waals surface area contributed by atoms with E-state index < -0.39 is 16.1 Å². The van der Waals surface area contributed by atoms with Crippen LogP contribution in [0.5, 0.6) is 5.95 Å². The third-order valence-electron chi connectivity index (χ3n) is 7.02. The van der Waals surface area contributed by atoms with Crippen LogP contribution in [0.4, 0.5) is 5.69 Å². The molecular weight excluding hydrogens is 586 g/mol. The number of β-amino-alcohol motifs (C(OH)–C–C–N with tert-alkyl or cyclic N) is 1. The van der Waals surface area contributed by atoms with E-state index in [-0.39, 0.29) is 35.4 Å². The Kier molecular flexibility index (Phi) is 8.94. The Morgan fingerprint density at radius 1 is 1.07 bits per heavy atom. The smallest absolute Gasteiger partial charge is 0.309 e. The van der Waals surface area contributed by atoms with Crippen LogP contribution in [0, 0.1) is 0 Å². The van der Waals surface area contributed by atoms with Crippen LogP contribution >= 0.6 is 0 Å². The van der Waals surface area contributed by atoms with Gasteiger partial charge < -0.3 is 29.9 Å². The number of fused-ring (bicyclic) bond motifs is 1. The number of benzene rings is 2. The second-order valence-electron chi connectivity index (χ2n) is 10.9. The summed E-state index contributed by atoms with van der Waals surface area (Å²) in [6.07, 6.45) is 2.95. The Morgan fingerprint density at radius 3 is 2.61 bits per heavy atom. The van der Waals surface area contributed by atoms with Crippen molar-refractivity contribution in [2.45, 2.75) is 49.9 Å². The van der Waals surface area contributed by atoms with Crippen LogP contribution in [0.3, 0.4) is 0 Å². The number of anilines is 1. The van der Waals surface area contributed by atoms with Crippen molar-refractivity contribution in [3.63, 3.8) is 0 Å². The second kappa shape index (κ2) is 12.8. The summed E-state index contributed by atoms with van der Waals surface area (Å²) in [5.41, 5.74) is 2.49. The number of pyridine rings is 1. The van der Waals surface area contributed by atoms with Gasteiger partial charge >= 0.3 is 5.95 Å². The molecule has 0 aliphatic rings. The molecule has 1 atom stereocenters. The van der Waals surface area contributed by atoms with Gasteiger partial charge in [-0.3, -0.25) is 9.52 Å². The first-order valence-electron chi connectivity index (χ1n) is 13.8. The minimum absolute atomic E-state index is 0.0879. The lowest BCUT2D eigenvalue weighted by Crippen LogP contribution is -2.42. The summed E-state index contributed by atoms with van der Waals surface area (Å²) in [6, 6.07) is 17.8. The maximum atomic E-state index is 12.7. The Bertz CT molecular complexity index is 1850. The van der Waals surface area contributed by atoms with Crippen molar-refractivity contribution in [3.05, 3.63) is 96.1 Å². The van der Waals surface area contributed by atoms with Crippen molar-refractivity contribution < 1.29 is 27.9 Å². The lowest BCUT2D eigenvalue weighted by Gasteiger charge is -2.28. The summed E-state index contributed by atoms with van der Waals surface area (Å²) in [4.78, 5) is 21.5. The van der Waals surface area contributed by atoms with Crippen LogP contribution in [-0.2, 0) is 23.1 Å². The average Bonchev–Trinajstić information content (AvgIpc) is 3.63. The highest BCUT2D eigenvalue weighted by Gasteiger charge is 2.21. The van der Waals surface area contributed by atoms with E-state index in [1.54, 1.807) is 54.9 Å². The van der Waals surface area contributed by atoms with Crippen molar-refractivity contribution >= 4 is 32.8 Å². The molecule has 2 aromatic carbocycles. The molecule has 44 heavy (non-hydrogen) atoms. The third-order valence-corrected chi connectivity index (χ3v) is 8.42. The highest BCUT2D eigenvalue weighted by molar-refractivity contribution is 7.92. The van der Waals surface area contributed by atoms with E-state index in [2.05, 4.69) is 35.0 Å². The number of hydrogen-bond donors (Lipinski definition) is 5. The molecule has 5 rings (SSSR count). The largest absolute Gasteiger partial charge is 0.479 e. The number of carbonyl (C=O) groups is 1. The average molecular weight is 620 g/mol. The molecule has 0 spiro atoms. The number of aliphatic hydroxyl groups is 1. The molecule has 14 heteroatoms. The van der Waals surface area contributed by atoms with Crippen molar-refractivity contribution in [1.82, 2.24) is 30.3 Å². The molecule has 0 unspecified atom stereocenters.